The maximum absolute atomic E-state index is 11.8. The standard InChI is InChI=1S/C15H25N3O2/c1-5-20-15(19)12-8-14(17-9-13(12)16)18-11(4)7-6-10(2)3/h8-11H,5-7,16H2,1-4H3,(H,17,18). The molecular formula is C15H25N3O2. The number of nitrogen functional groups attached to an aromatic ring is 1. The average molecular weight is 279 g/mol. The molecule has 1 atom stereocenters. The molecule has 0 amide bonds. The van der Waals surface area contributed by atoms with Gasteiger partial charge in [-0.3, -0.25) is 0 Å². The van der Waals surface area contributed by atoms with Crippen molar-refractivity contribution in [2.24, 2.45) is 5.92 Å². The van der Waals surface area contributed by atoms with Gasteiger partial charge in [-0.1, -0.05) is 13.8 Å². The van der Waals surface area contributed by atoms with Crippen LogP contribution in [0.1, 0.15) is 50.9 Å². The van der Waals surface area contributed by atoms with E-state index in [0.717, 1.165) is 12.8 Å². The summed E-state index contributed by atoms with van der Waals surface area (Å²) in [6.07, 6.45) is 3.69. The smallest absolute Gasteiger partial charge is 0.340 e. The van der Waals surface area contributed by atoms with E-state index in [0.29, 0.717) is 35.6 Å². The first-order valence-corrected chi connectivity index (χ1v) is 7.13. The van der Waals surface area contributed by atoms with E-state index in [9.17, 15) is 4.79 Å². The number of nitrogens with zero attached hydrogens (tertiary/aromatic N) is 1. The number of hydrogen-bond acceptors (Lipinski definition) is 5. The molecule has 0 saturated heterocycles. The maximum Gasteiger partial charge on any atom is 0.340 e. The van der Waals surface area contributed by atoms with E-state index >= 15 is 0 Å². The van der Waals surface area contributed by atoms with Crippen molar-refractivity contribution in [3.8, 4) is 0 Å². The van der Waals surface area contributed by atoms with Gasteiger partial charge in [-0.05, 0) is 38.7 Å². The molecular weight excluding hydrogens is 254 g/mol. The van der Waals surface area contributed by atoms with Crippen LogP contribution in [0, 0.1) is 5.92 Å². The lowest BCUT2D eigenvalue weighted by Crippen LogP contribution is -2.18. The number of carbonyl (C=O) groups is 1. The van der Waals surface area contributed by atoms with Gasteiger partial charge in [-0.2, -0.15) is 0 Å². The van der Waals surface area contributed by atoms with Crippen molar-refractivity contribution in [3.63, 3.8) is 0 Å². The second kappa shape index (κ2) is 7.72. The molecule has 0 aliphatic heterocycles. The predicted octanol–water partition coefficient (Wildman–Crippen LogP) is 3.08. The fourth-order valence-corrected chi connectivity index (χ4v) is 1.84. The molecule has 20 heavy (non-hydrogen) atoms. The number of nitrogens with one attached hydrogen (secondary N) is 1. The van der Waals surface area contributed by atoms with Gasteiger partial charge in [0.05, 0.1) is 24.1 Å². The van der Waals surface area contributed by atoms with Crippen molar-refractivity contribution in [3.05, 3.63) is 17.8 Å². The molecule has 0 aliphatic carbocycles. The molecule has 0 saturated carbocycles. The molecule has 112 valence electrons. The van der Waals surface area contributed by atoms with Crippen molar-refractivity contribution in [1.29, 1.82) is 0 Å². The molecule has 1 heterocycles. The Kier molecular flexibility index (Phi) is 6.28. The molecule has 0 spiro atoms. The maximum atomic E-state index is 11.8. The SMILES string of the molecule is CCOC(=O)c1cc(NC(C)CCC(C)C)ncc1N. The number of esters is 1. The summed E-state index contributed by atoms with van der Waals surface area (Å²) < 4.78 is 4.97. The van der Waals surface area contributed by atoms with Crippen molar-refractivity contribution < 1.29 is 9.53 Å². The van der Waals surface area contributed by atoms with Crippen LogP contribution in [0.25, 0.3) is 0 Å². The van der Waals surface area contributed by atoms with E-state index in [1.807, 2.05) is 0 Å². The second-order valence-electron chi connectivity index (χ2n) is 5.39. The number of nitrogens with two attached hydrogens (primary N) is 1. The van der Waals surface area contributed by atoms with E-state index in [2.05, 4.69) is 31.1 Å². The highest BCUT2D eigenvalue weighted by atomic mass is 16.5. The Morgan fingerprint density at radius 1 is 1.40 bits per heavy atom. The highest BCUT2D eigenvalue weighted by molar-refractivity contribution is 5.95. The van der Waals surface area contributed by atoms with Gasteiger partial charge in [0.1, 0.15) is 5.82 Å². The summed E-state index contributed by atoms with van der Waals surface area (Å²) in [5.41, 5.74) is 6.46. The minimum absolute atomic E-state index is 0.295. The van der Waals surface area contributed by atoms with E-state index in [1.54, 1.807) is 13.0 Å². The van der Waals surface area contributed by atoms with Crippen molar-refractivity contribution >= 4 is 17.5 Å². The van der Waals surface area contributed by atoms with Crippen molar-refractivity contribution in [1.82, 2.24) is 4.98 Å². The number of ether oxygens (including phenoxy) is 1. The van der Waals surface area contributed by atoms with Crippen LogP contribution in [-0.2, 0) is 4.74 Å². The van der Waals surface area contributed by atoms with Crippen molar-refractivity contribution in [2.75, 3.05) is 17.7 Å². The normalized spacial score (nSPS) is 12.2. The molecule has 1 rings (SSSR count). The Labute approximate surface area is 120 Å². The third-order valence-corrected chi connectivity index (χ3v) is 3.00. The van der Waals surface area contributed by atoms with E-state index in [-0.39, 0.29) is 0 Å². The highest BCUT2D eigenvalue weighted by Crippen LogP contribution is 2.18. The van der Waals surface area contributed by atoms with Gasteiger partial charge in [0.25, 0.3) is 0 Å². The Morgan fingerprint density at radius 3 is 2.70 bits per heavy atom. The summed E-state index contributed by atoms with van der Waals surface area (Å²) in [6, 6.07) is 1.95. The van der Waals surface area contributed by atoms with Crippen LogP contribution in [0.4, 0.5) is 11.5 Å². The second-order valence-corrected chi connectivity index (χ2v) is 5.39. The molecule has 3 N–H and O–H groups in total. The average Bonchev–Trinajstić information content (AvgIpc) is 2.39. The molecule has 5 heteroatoms. The summed E-state index contributed by atoms with van der Waals surface area (Å²) in [7, 11) is 0. The van der Waals surface area contributed by atoms with Gasteiger partial charge in [0.15, 0.2) is 0 Å². The molecule has 1 aromatic rings. The molecule has 1 unspecified atom stereocenters. The Hall–Kier alpha value is -1.78. The number of pyridine rings is 1. The fraction of sp³-hybridized carbons (Fsp3) is 0.600. The first-order chi connectivity index (χ1) is 9.43. The van der Waals surface area contributed by atoms with Gasteiger partial charge < -0.3 is 15.8 Å². The van der Waals surface area contributed by atoms with Crippen LogP contribution < -0.4 is 11.1 Å². The first-order valence-electron chi connectivity index (χ1n) is 7.13. The number of carbonyl (C=O) groups excluding carboxylic acids is 1. The molecule has 0 fully saturated rings. The van der Waals surface area contributed by atoms with Crippen LogP contribution >= 0.6 is 0 Å². The lowest BCUT2D eigenvalue weighted by molar-refractivity contribution is 0.0527. The predicted molar refractivity (Wildman–Crippen MR) is 81.8 cm³/mol. The van der Waals surface area contributed by atoms with Crippen LogP contribution in [0.3, 0.4) is 0 Å². The van der Waals surface area contributed by atoms with Gasteiger partial charge in [0, 0.05) is 6.04 Å². The summed E-state index contributed by atoms with van der Waals surface area (Å²) >= 11 is 0. The van der Waals surface area contributed by atoms with E-state index < -0.39 is 5.97 Å². The summed E-state index contributed by atoms with van der Waals surface area (Å²) in [5.74, 6) is 0.914. The third-order valence-electron chi connectivity index (χ3n) is 3.00. The Balaban J connectivity index is 2.72. The van der Waals surface area contributed by atoms with Gasteiger partial charge in [0.2, 0.25) is 0 Å². The Bertz CT molecular complexity index is 447. The van der Waals surface area contributed by atoms with Gasteiger partial charge in [-0.25, -0.2) is 9.78 Å². The molecule has 5 nitrogen and oxygen atoms in total. The minimum Gasteiger partial charge on any atom is -0.462 e. The third kappa shape index (κ3) is 5.07. The van der Waals surface area contributed by atoms with E-state index in [1.165, 1.54) is 6.20 Å². The van der Waals surface area contributed by atoms with Crippen LogP contribution in [0.15, 0.2) is 12.3 Å². The van der Waals surface area contributed by atoms with Crippen LogP contribution in [0.5, 0.6) is 0 Å². The van der Waals surface area contributed by atoms with E-state index in [4.69, 9.17) is 10.5 Å². The molecule has 0 aromatic carbocycles. The number of hydrogen-bond donors (Lipinski definition) is 2. The molecule has 0 radical (unpaired) electrons. The molecule has 0 bridgehead atoms. The molecule has 0 aliphatic rings. The first kappa shape index (κ1) is 16.3. The zero-order chi connectivity index (χ0) is 15.1. The molecule has 1 aromatic heterocycles. The topological polar surface area (TPSA) is 77.2 Å². The van der Waals surface area contributed by atoms with Gasteiger partial charge in [-0.15, -0.1) is 0 Å². The summed E-state index contributed by atoms with van der Waals surface area (Å²) in [5, 5.41) is 3.29. The quantitative estimate of drug-likeness (QED) is 0.750. The summed E-state index contributed by atoms with van der Waals surface area (Å²) in [4.78, 5) is 16.0. The monoisotopic (exact) mass is 279 g/mol. The Morgan fingerprint density at radius 2 is 2.10 bits per heavy atom. The zero-order valence-electron chi connectivity index (χ0n) is 12.8. The number of rotatable bonds is 7. The lowest BCUT2D eigenvalue weighted by Gasteiger charge is -2.16. The fourth-order valence-electron chi connectivity index (χ4n) is 1.84. The van der Waals surface area contributed by atoms with Crippen molar-refractivity contribution in [2.45, 2.75) is 46.6 Å². The highest BCUT2D eigenvalue weighted by Gasteiger charge is 2.13. The van der Waals surface area contributed by atoms with Crippen LogP contribution in [0.2, 0.25) is 0 Å². The van der Waals surface area contributed by atoms with Crippen LogP contribution in [-0.4, -0.2) is 23.6 Å². The number of aromatic nitrogens is 1. The zero-order valence-corrected chi connectivity index (χ0v) is 12.8. The number of anilines is 2. The largest absolute Gasteiger partial charge is 0.462 e. The summed E-state index contributed by atoms with van der Waals surface area (Å²) in [6.45, 7) is 8.60. The lowest BCUT2D eigenvalue weighted by atomic mass is 10.0. The van der Waals surface area contributed by atoms with Gasteiger partial charge >= 0.3 is 5.97 Å². The minimum atomic E-state index is -0.412.